The lowest BCUT2D eigenvalue weighted by Crippen LogP contribution is -2.32. The molecule has 1 aliphatic rings. The van der Waals surface area contributed by atoms with Crippen molar-refractivity contribution in [2.45, 2.75) is 25.4 Å². The fourth-order valence-electron chi connectivity index (χ4n) is 2.18. The van der Waals surface area contributed by atoms with Crippen LogP contribution in [0.15, 0.2) is 35.7 Å². The van der Waals surface area contributed by atoms with Crippen molar-refractivity contribution in [3.05, 3.63) is 52.0 Å². The van der Waals surface area contributed by atoms with Gasteiger partial charge in [0.05, 0.1) is 12.1 Å². The largest absolute Gasteiger partial charge is 0.399 e. The van der Waals surface area contributed by atoms with Crippen molar-refractivity contribution in [1.82, 2.24) is 4.90 Å². The SMILES string of the molecule is Nc1ccc(C(=O)N(Cc2cccs2)C2CC2)c(F)c1. The second kappa shape index (κ2) is 5.25. The van der Waals surface area contributed by atoms with Gasteiger partial charge in [-0.2, -0.15) is 0 Å². The molecule has 5 heteroatoms. The minimum atomic E-state index is -0.549. The molecule has 0 spiro atoms. The van der Waals surface area contributed by atoms with Crippen LogP contribution in [0, 0.1) is 5.82 Å². The molecule has 1 heterocycles. The zero-order valence-electron chi connectivity index (χ0n) is 10.9. The van der Waals surface area contributed by atoms with Gasteiger partial charge in [-0.05, 0) is 42.5 Å². The Morgan fingerprint density at radius 2 is 2.20 bits per heavy atom. The van der Waals surface area contributed by atoms with Crippen molar-refractivity contribution in [1.29, 1.82) is 0 Å². The Labute approximate surface area is 120 Å². The fraction of sp³-hybridized carbons (Fsp3) is 0.267. The summed E-state index contributed by atoms with van der Waals surface area (Å²) in [6.45, 7) is 0.547. The highest BCUT2D eigenvalue weighted by atomic mass is 32.1. The highest BCUT2D eigenvalue weighted by Crippen LogP contribution is 2.31. The van der Waals surface area contributed by atoms with Crippen molar-refractivity contribution >= 4 is 22.9 Å². The van der Waals surface area contributed by atoms with E-state index in [1.54, 1.807) is 22.3 Å². The van der Waals surface area contributed by atoms with Crippen molar-refractivity contribution in [3.63, 3.8) is 0 Å². The lowest BCUT2D eigenvalue weighted by Gasteiger charge is -2.22. The number of halogens is 1. The minimum Gasteiger partial charge on any atom is -0.399 e. The fourth-order valence-corrected chi connectivity index (χ4v) is 2.89. The van der Waals surface area contributed by atoms with Crippen LogP contribution in [0.5, 0.6) is 0 Å². The second-order valence-electron chi connectivity index (χ2n) is 4.98. The van der Waals surface area contributed by atoms with E-state index in [9.17, 15) is 9.18 Å². The lowest BCUT2D eigenvalue weighted by atomic mass is 10.1. The molecule has 1 aromatic carbocycles. The topological polar surface area (TPSA) is 46.3 Å². The van der Waals surface area contributed by atoms with Gasteiger partial charge < -0.3 is 10.6 Å². The maximum Gasteiger partial charge on any atom is 0.257 e. The summed E-state index contributed by atoms with van der Waals surface area (Å²) in [5.74, 6) is -0.801. The third-order valence-corrected chi connectivity index (χ3v) is 4.24. The minimum absolute atomic E-state index is 0.0997. The maximum atomic E-state index is 13.9. The van der Waals surface area contributed by atoms with Gasteiger partial charge in [-0.3, -0.25) is 4.79 Å². The first-order valence-electron chi connectivity index (χ1n) is 6.53. The third kappa shape index (κ3) is 2.67. The molecule has 1 saturated carbocycles. The van der Waals surface area contributed by atoms with Crippen LogP contribution in [0.3, 0.4) is 0 Å². The lowest BCUT2D eigenvalue weighted by molar-refractivity contribution is 0.0727. The summed E-state index contributed by atoms with van der Waals surface area (Å²) in [4.78, 5) is 15.4. The number of hydrogen-bond donors (Lipinski definition) is 1. The summed E-state index contributed by atoms with van der Waals surface area (Å²) in [5.41, 5.74) is 5.95. The summed E-state index contributed by atoms with van der Waals surface area (Å²) in [6.07, 6.45) is 1.99. The zero-order valence-corrected chi connectivity index (χ0v) is 11.7. The van der Waals surface area contributed by atoms with Crippen molar-refractivity contribution in [2.75, 3.05) is 5.73 Å². The molecule has 1 amide bonds. The molecule has 0 radical (unpaired) electrons. The summed E-state index contributed by atoms with van der Waals surface area (Å²) < 4.78 is 13.9. The first kappa shape index (κ1) is 13.1. The Kier molecular flexibility index (Phi) is 3.44. The van der Waals surface area contributed by atoms with Crippen molar-refractivity contribution in [2.24, 2.45) is 0 Å². The molecule has 3 rings (SSSR count). The molecular weight excluding hydrogens is 275 g/mol. The molecule has 0 aliphatic heterocycles. The van der Waals surface area contributed by atoms with Crippen molar-refractivity contribution < 1.29 is 9.18 Å². The highest BCUT2D eigenvalue weighted by molar-refractivity contribution is 7.09. The number of rotatable bonds is 4. The molecule has 3 nitrogen and oxygen atoms in total. The first-order valence-corrected chi connectivity index (χ1v) is 7.41. The number of nitrogens with two attached hydrogens (primary N) is 1. The molecule has 2 aromatic rings. The van der Waals surface area contributed by atoms with Gasteiger partial charge in [0.1, 0.15) is 5.82 Å². The van der Waals surface area contributed by atoms with Crippen LogP contribution >= 0.6 is 11.3 Å². The average Bonchev–Trinajstić information content (AvgIpc) is 3.12. The molecule has 104 valence electrons. The Morgan fingerprint density at radius 1 is 1.40 bits per heavy atom. The number of hydrogen-bond acceptors (Lipinski definition) is 3. The Bertz CT molecular complexity index is 623. The second-order valence-corrected chi connectivity index (χ2v) is 6.02. The molecular formula is C15H15FN2OS. The van der Waals surface area contributed by atoms with Gasteiger partial charge in [0.2, 0.25) is 0 Å². The standard InChI is InChI=1S/C15H15FN2OS/c16-14-8-10(17)3-6-13(14)15(19)18(11-4-5-11)9-12-2-1-7-20-12/h1-3,6-8,11H,4-5,9,17H2. The normalized spacial score (nSPS) is 14.2. The van der Waals surface area contributed by atoms with Gasteiger partial charge in [0, 0.05) is 16.6 Å². The van der Waals surface area contributed by atoms with Crippen LogP contribution in [0.4, 0.5) is 10.1 Å². The van der Waals surface area contributed by atoms with E-state index >= 15 is 0 Å². The van der Waals surface area contributed by atoms with E-state index in [-0.39, 0.29) is 17.5 Å². The first-order chi connectivity index (χ1) is 9.65. The predicted molar refractivity (Wildman–Crippen MR) is 78.0 cm³/mol. The molecule has 20 heavy (non-hydrogen) atoms. The molecule has 1 aliphatic carbocycles. The summed E-state index contributed by atoms with van der Waals surface area (Å²) in [5, 5.41) is 1.98. The van der Waals surface area contributed by atoms with Crippen LogP contribution in [-0.4, -0.2) is 16.8 Å². The number of amides is 1. The van der Waals surface area contributed by atoms with Crippen LogP contribution in [0.1, 0.15) is 28.1 Å². The number of nitrogen functional groups attached to an aromatic ring is 1. The number of anilines is 1. The molecule has 0 saturated heterocycles. The maximum absolute atomic E-state index is 13.9. The van der Waals surface area contributed by atoms with Crippen LogP contribution in [0.2, 0.25) is 0 Å². The summed E-state index contributed by atoms with van der Waals surface area (Å²) >= 11 is 1.61. The van der Waals surface area contributed by atoms with Crippen LogP contribution < -0.4 is 5.73 Å². The molecule has 2 N–H and O–H groups in total. The van der Waals surface area contributed by atoms with E-state index in [2.05, 4.69) is 0 Å². The van der Waals surface area contributed by atoms with Crippen LogP contribution in [-0.2, 0) is 6.54 Å². The number of thiophene rings is 1. The van der Waals surface area contributed by atoms with Gasteiger partial charge >= 0.3 is 0 Å². The van der Waals surface area contributed by atoms with E-state index in [1.807, 2.05) is 17.5 Å². The Balaban J connectivity index is 1.85. The van der Waals surface area contributed by atoms with E-state index in [1.165, 1.54) is 12.1 Å². The summed E-state index contributed by atoms with van der Waals surface area (Å²) in [6, 6.07) is 8.42. The average molecular weight is 290 g/mol. The molecule has 0 atom stereocenters. The number of benzene rings is 1. The molecule has 1 fully saturated rings. The van der Waals surface area contributed by atoms with Crippen molar-refractivity contribution in [3.8, 4) is 0 Å². The monoisotopic (exact) mass is 290 g/mol. The Morgan fingerprint density at radius 3 is 2.80 bits per heavy atom. The summed E-state index contributed by atoms with van der Waals surface area (Å²) in [7, 11) is 0. The van der Waals surface area contributed by atoms with Gasteiger partial charge in [-0.25, -0.2) is 4.39 Å². The molecule has 0 bridgehead atoms. The molecule has 1 aromatic heterocycles. The smallest absolute Gasteiger partial charge is 0.257 e. The van der Waals surface area contributed by atoms with E-state index < -0.39 is 5.82 Å². The number of carbonyl (C=O) groups is 1. The molecule has 0 unspecified atom stereocenters. The number of carbonyl (C=O) groups excluding carboxylic acids is 1. The zero-order chi connectivity index (χ0) is 14.1. The van der Waals surface area contributed by atoms with Gasteiger partial charge in [-0.1, -0.05) is 6.07 Å². The van der Waals surface area contributed by atoms with E-state index in [0.29, 0.717) is 12.2 Å². The van der Waals surface area contributed by atoms with Gasteiger partial charge in [0.15, 0.2) is 0 Å². The van der Waals surface area contributed by atoms with Gasteiger partial charge in [-0.15, -0.1) is 11.3 Å². The third-order valence-electron chi connectivity index (χ3n) is 3.38. The predicted octanol–water partition coefficient (Wildman–Crippen LogP) is 3.27. The van der Waals surface area contributed by atoms with E-state index in [0.717, 1.165) is 17.7 Å². The van der Waals surface area contributed by atoms with E-state index in [4.69, 9.17) is 5.73 Å². The number of nitrogens with zero attached hydrogens (tertiary/aromatic N) is 1. The Hall–Kier alpha value is -1.88. The highest BCUT2D eigenvalue weighted by Gasteiger charge is 2.34. The quantitative estimate of drug-likeness (QED) is 0.878. The van der Waals surface area contributed by atoms with Gasteiger partial charge in [0.25, 0.3) is 5.91 Å². The van der Waals surface area contributed by atoms with Crippen LogP contribution in [0.25, 0.3) is 0 Å².